The highest BCUT2D eigenvalue weighted by atomic mass is 32.2. The van der Waals surface area contributed by atoms with Crippen LogP contribution in [0.25, 0.3) is 0 Å². The standard InChI is InChI=1S/C21H19N3O7S/c1-11-5-6-12(20(28)29)8-14(11)23-16(25)10-31-21(30)13-4-3-7-22-18(13)32-15-9-17(26)24(2)19(15)27/h3-8,15H,9-10H2,1-2H3,(H,23,25)(H,28,29). The Bertz CT molecular complexity index is 1120. The molecule has 1 aromatic carbocycles. The predicted molar refractivity (Wildman–Crippen MR) is 113 cm³/mol. The highest BCUT2D eigenvalue weighted by Crippen LogP contribution is 2.31. The number of nitrogens with one attached hydrogen (secondary N) is 1. The lowest BCUT2D eigenvalue weighted by Gasteiger charge is -2.12. The van der Waals surface area contributed by atoms with Crippen molar-refractivity contribution < 1.29 is 33.8 Å². The van der Waals surface area contributed by atoms with Gasteiger partial charge in [0.15, 0.2) is 6.61 Å². The number of amides is 3. The number of aryl methyl sites for hydroxylation is 1. The van der Waals surface area contributed by atoms with Crippen LogP contribution in [0.2, 0.25) is 0 Å². The summed E-state index contributed by atoms with van der Waals surface area (Å²) in [5, 5.41) is 11.1. The second-order valence-corrected chi connectivity index (χ2v) is 8.11. The van der Waals surface area contributed by atoms with E-state index in [1.165, 1.54) is 37.5 Å². The fraction of sp³-hybridized carbons (Fsp3) is 0.238. The molecule has 1 atom stereocenters. The van der Waals surface area contributed by atoms with Gasteiger partial charge in [0.05, 0.1) is 16.4 Å². The molecular formula is C21H19N3O7S. The normalized spacial score (nSPS) is 15.6. The molecule has 3 amide bonds. The van der Waals surface area contributed by atoms with Gasteiger partial charge in [0, 0.05) is 25.4 Å². The number of anilines is 1. The Morgan fingerprint density at radius 2 is 2.03 bits per heavy atom. The SMILES string of the molecule is Cc1ccc(C(=O)O)cc1NC(=O)COC(=O)c1cccnc1SC1CC(=O)N(C)C1=O. The van der Waals surface area contributed by atoms with Crippen LogP contribution in [0.3, 0.4) is 0 Å². The number of hydrogen-bond donors (Lipinski definition) is 2. The Labute approximate surface area is 186 Å². The summed E-state index contributed by atoms with van der Waals surface area (Å²) in [6.07, 6.45) is 1.44. The molecule has 32 heavy (non-hydrogen) atoms. The summed E-state index contributed by atoms with van der Waals surface area (Å²) in [6.45, 7) is 1.08. The number of carboxylic acids is 1. The second-order valence-electron chi connectivity index (χ2n) is 6.92. The molecule has 0 saturated carbocycles. The van der Waals surface area contributed by atoms with Crippen LogP contribution in [-0.4, -0.2) is 63.6 Å². The summed E-state index contributed by atoms with van der Waals surface area (Å²) in [7, 11) is 1.39. The first kappa shape index (κ1) is 22.9. The number of rotatable bonds is 7. The molecular weight excluding hydrogens is 438 g/mol. The number of pyridine rings is 1. The first-order chi connectivity index (χ1) is 15.2. The van der Waals surface area contributed by atoms with Gasteiger partial charge in [-0.1, -0.05) is 17.8 Å². The number of carboxylic acid groups (broad SMARTS) is 1. The van der Waals surface area contributed by atoms with Gasteiger partial charge < -0.3 is 15.2 Å². The van der Waals surface area contributed by atoms with E-state index in [0.29, 0.717) is 5.56 Å². The topological polar surface area (TPSA) is 143 Å². The van der Waals surface area contributed by atoms with Crippen molar-refractivity contribution in [3.63, 3.8) is 0 Å². The highest BCUT2D eigenvalue weighted by Gasteiger charge is 2.37. The van der Waals surface area contributed by atoms with E-state index in [1.807, 2.05) is 0 Å². The van der Waals surface area contributed by atoms with Crippen LogP contribution < -0.4 is 5.32 Å². The van der Waals surface area contributed by atoms with E-state index in [9.17, 15) is 24.0 Å². The first-order valence-electron chi connectivity index (χ1n) is 9.40. The maximum Gasteiger partial charge on any atom is 0.341 e. The van der Waals surface area contributed by atoms with Gasteiger partial charge >= 0.3 is 11.9 Å². The summed E-state index contributed by atoms with van der Waals surface area (Å²) in [5.74, 6) is -3.30. The van der Waals surface area contributed by atoms with Crippen molar-refractivity contribution in [3.8, 4) is 0 Å². The summed E-state index contributed by atoms with van der Waals surface area (Å²) < 4.78 is 5.07. The second kappa shape index (κ2) is 9.60. The zero-order valence-electron chi connectivity index (χ0n) is 17.2. The largest absolute Gasteiger partial charge is 0.478 e. The fourth-order valence-electron chi connectivity index (χ4n) is 2.87. The molecule has 11 heteroatoms. The molecule has 166 valence electrons. The number of carbonyl (C=O) groups excluding carboxylic acids is 4. The van der Waals surface area contributed by atoms with Crippen LogP contribution in [0.5, 0.6) is 0 Å². The number of benzene rings is 1. The Morgan fingerprint density at radius 1 is 1.28 bits per heavy atom. The number of thioether (sulfide) groups is 1. The van der Waals surface area contributed by atoms with E-state index in [1.54, 1.807) is 13.0 Å². The molecule has 0 aliphatic carbocycles. The molecule has 10 nitrogen and oxygen atoms in total. The van der Waals surface area contributed by atoms with Crippen molar-refractivity contribution in [2.45, 2.75) is 23.6 Å². The van der Waals surface area contributed by atoms with E-state index in [4.69, 9.17) is 9.84 Å². The fourth-order valence-corrected chi connectivity index (χ4v) is 4.03. The summed E-state index contributed by atoms with van der Waals surface area (Å²) in [5.41, 5.74) is 0.994. The molecule has 1 fully saturated rings. The van der Waals surface area contributed by atoms with Gasteiger partial charge in [-0.15, -0.1) is 0 Å². The lowest BCUT2D eigenvalue weighted by molar-refractivity contribution is -0.136. The van der Waals surface area contributed by atoms with Gasteiger partial charge in [-0.25, -0.2) is 14.6 Å². The minimum absolute atomic E-state index is 0.00221. The Hall–Kier alpha value is -3.73. The number of ether oxygens (including phenoxy) is 1. The highest BCUT2D eigenvalue weighted by molar-refractivity contribution is 8.00. The molecule has 0 spiro atoms. The van der Waals surface area contributed by atoms with Crippen molar-refractivity contribution in [2.24, 2.45) is 0 Å². The van der Waals surface area contributed by atoms with Crippen molar-refractivity contribution in [3.05, 3.63) is 53.2 Å². The van der Waals surface area contributed by atoms with Crippen molar-refractivity contribution in [2.75, 3.05) is 19.0 Å². The number of carbonyl (C=O) groups is 5. The lowest BCUT2D eigenvalue weighted by atomic mass is 10.1. The smallest absolute Gasteiger partial charge is 0.341 e. The monoisotopic (exact) mass is 457 g/mol. The minimum atomic E-state index is -1.14. The third-order valence-electron chi connectivity index (χ3n) is 4.68. The van der Waals surface area contributed by atoms with Crippen molar-refractivity contribution in [1.29, 1.82) is 0 Å². The average Bonchev–Trinajstić information content (AvgIpc) is 3.00. The Balaban J connectivity index is 1.64. The van der Waals surface area contributed by atoms with E-state index in [-0.39, 0.29) is 40.1 Å². The number of likely N-dealkylation sites (tertiary alicyclic amines) is 1. The maximum atomic E-state index is 12.5. The van der Waals surface area contributed by atoms with Crippen LogP contribution in [0.15, 0.2) is 41.6 Å². The Kier molecular flexibility index (Phi) is 6.89. The molecule has 0 radical (unpaired) electrons. The van der Waals surface area contributed by atoms with Gasteiger partial charge in [0.25, 0.3) is 5.91 Å². The van der Waals surface area contributed by atoms with Gasteiger partial charge in [-0.3, -0.25) is 19.3 Å². The number of aromatic carboxylic acids is 1. The van der Waals surface area contributed by atoms with Crippen LogP contribution in [0.1, 0.15) is 32.7 Å². The summed E-state index contributed by atoms with van der Waals surface area (Å²) in [4.78, 5) is 64.8. The lowest BCUT2D eigenvalue weighted by Crippen LogP contribution is -2.26. The molecule has 0 bridgehead atoms. The summed E-state index contributed by atoms with van der Waals surface area (Å²) in [6, 6.07) is 7.23. The third kappa shape index (κ3) is 5.11. The quantitative estimate of drug-likeness (QED) is 0.469. The Morgan fingerprint density at radius 3 is 2.69 bits per heavy atom. The van der Waals surface area contributed by atoms with Gasteiger partial charge in [0.2, 0.25) is 11.8 Å². The zero-order chi connectivity index (χ0) is 23.4. The van der Waals surface area contributed by atoms with Crippen LogP contribution in [0.4, 0.5) is 5.69 Å². The number of hydrogen-bond acceptors (Lipinski definition) is 8. The maximum absolute atomic E-state index is 12.5. The molecule has 2 heterocycles. The van der Waals surface area contributed by atoms with Crippen LogP contribution >= 0.6 is 11.8 Å². The molecule has 1 unspecified atom stereocenters. The minimum Gasteiger partial charge on any atom is -0.478 e. The van der Waals surface area contributed by atoms with E-state index < -0.39 is 29.7 Å². The summed E-state index contributed by atoms with van der Waals surface area (Å²) >= 11 is 0.985. The first-order valence-corrected chi connectivity index (χ1v) is 10.3. The molecule has 1 saturated heterocycles. The van der Waals surface area contributed by atoms with Gasteiger partial charge in [-0.2, -0.15) is 0 Å². The average molecular weight is 457 g/mol. The third-order valence-corrected chi connectivity index (χ3v) is 5.88. The number of aromatic nitrogens is 1. The molecule has 2 N–H and O–H groups in total. The number of esters is 1. The van der Waals surface area contributed by atoms with Crippen LogP contribution in [0, 0.1) is 6.92 Å². The van der Waals surface area contributed by atoms with Crippen molar-refractivity contribution in [1.82, 2.24) is 9.88 Å². The zero-order valence-corrected chi connectivity index (χ0v) is 18.0. The van der Waals surface area contributed by atoms with Gasteiger partial charge in [-0.05, 0) is 36.8 Å². The molecule has 1 aliphatic heterocycles. The predicted octanol–water partition coefficient (Wildman–Crippen LogP) is 1.73. The number of imide groups is 1. The molecule has 2 aromatic rings. The molecule has 3 rings (SSSR count). The van der Waals surface area contributed by atoms with Gasteiger partial charge in [0.1, 0.15) is 5.03 Å². The van der Waals surface area contributed by atoms with Crippen molar-refractivity contribution >= 4 is 47.1 Å². The van der Waals surface area contributed by atoms with E-state index >= 15 is 0 Å². The molecule has 1 aliphatic rings. The number of nitrogens with zero attached hydrogens (tertiary/aromatic N) is 2. The van der Waals surface area contributed by atoms with Crippen LogP contribution in [-0.2, 0) is 19.1 Å². The van der Waals surface area contributed by atoms with E-state index in [0.717, 1.165) is 16.7 Å². The van der Waals surface area contributed by atoms with E-state index in [2.05, 4.69) is 10.3 Å². The molecule has 1 aromatic heterocycles.